The van der Waals surface area contributed by atoms with Crippen LogP contribution in [-0.2, 0) is 4.74 Å². The molecule has 0 radical (unpaired) electrons. The summed E-state index contributed by atoms with van der Waals surface area (Å²) in [6, 6.07) is 0. The molecule has 2 nitrogen and oxygen atoms in total. The Bertz CT molecular complexity index is 162. The predicted molar refractivity (Wildman–Crippen MR) is 49.9 cm³/mol. The van der Waals surface area contributed by atoms with Gasteiger partial charge >= 0.3 is 0 Å². The second kappa shape index (κ2) is 5.18. The Balaban J connectivity index is 2.37. The molecule has 68 valence electrons. The van der Waals surface area contributed by atoms with Crippen LogP contribution in [0.15, 0.2) is 0 Å². The van der Waals surface area contributed by atoms with Gasteiger partial charge in [0.1, 0.15) is 0 Å². The fourth-order valence-electron chi connectivity index (χ4n) is 1.49. The third kappa shape index (κ3) is 2.84. The maximum absolute atomic E-state index is 5.62. The van der Waals surface area contributed by atoms with E-state index in [1.165, 1.54) is 0 Å². The molecular formula is C10H17NO. The summed E-state index contributed by atoms with van der Waals surface area (Å²) in [7, 11) is 0. The summed E-state index contributed by atoms with van der Waals surface area (Å²) in [5.41, 5.74) is 0. The van der Waals surface area contributed by atoms with E-state index in [0.29, 0.717) is 6.10 Å². The molecule has 1 unspecified atom stereocenters. The number of ether oxygens (including phenoxy) is 1. The molecule has 0 aromatic rings. The molecule has 0 saturated carbocycles. The normalized spacial score (nSPS) is 26.2. The first kappa shape index (κ1) is 9.57. The first-order valence-corrected chi connectivity index (χ1v) is 4.64. The molecule has 1 rings (SSSR count). The van der Waals surface area contributed by atoms with Gasteiger partial charge in [0.25, 0.3) is 0 Å². The zero-order chi connectivity index (χ0) is 8.81. The van der Waals surface area contributed by atoms with Crippen molar-refractivity contribution in [1.82, 2.24) is 4.90 Å². The van der Waals surface area contributed by atoms with Gasteiger partial charge in [-0.05, 0) is 12.8 Å². The minimum Gasteiger partial charge on any atom is -0.377 e. The second-order valence-electron chi connectivity index (χ2n) is 3.19. The van der Waals surface area contributed by atoms with E-state index in [0.717, 1.165) is 39.1 Å². The molecule has 0 N–H and O–H groups in total. The fraction of sp³-hybridized carbons (Fsp3) is 0.800. The van der Waals surface area contributed by atoms with Gasteiger partial charge in [0.15, 0.2) is 0 Å². The lowest BCUT2D eigenvalue weighted by molar-refractivity contribution is 0.0536. The summed E-state index contributed by atoms with van der Waals surface area (Å²) in [4.78, 5) is 2.29. The van der Waals surface area contributed by atoms with Gasteiger partial charge in [0.2, 0.25) is 0 Å². The van der Waals surface area contributed by atoms with Crippen LogP contribution < -0.4 is 0 Å². The van der Waals surface area contributed by atoms with Crippen LogP contribution in [-0.4, -0.2) is 37.2 Å². The summed E-state index contributed by atoms with van der Waals surface area (Å²) in [5, 5.41) is 0. The van der Waals surface area contributed by atoms with Crippen LogP contribution in [0.1, 0.15) is 19.8 Å². The summed E-state index contributed by atoms with van der Waals surface area (Å²) < 4.78 is 5.62. The number of hydrogen-bond donors (Lipinski definition) is 0. The zero-order valence-electron chi connectivity index (χ0n) is 7.75. The van der Waals surface area contributed by atoms with Gasteiger partial charge in [-0.25, -0.2) is 0 Å². The van der Waals surface area contributed by atoms with E-state index in [4.69, 9.17) is 11.2 Å². The Hall–Kier alpha value is -0.520. The zero-order valence-corrected chi connectivity index (χ0v) is 7.75. The lowest BCUT2D eigenvalue weighted by atomic mass is 10.2. The standard InChI is InChI=1S/C10H17NO/c1-3-6-11-7-5-8-12-10(4-2)9-11/h1,10H,4-9H2,2H3. The lowest BCUT2D eigenvalue weighted by Crippen LogP contribution is -2.31. The molecule has 0 aromatic heterocycles. The van der Waals surface area contributed by atoms with E-state index in [2.05, 4.69) is 17.7 Å². The SMILES string of the molecule is C#CCN1CCCOC(CC)C1. The molecule has 2 heteroatoms. The Kier molecular flexibility index (Phi) is 4.13. The van der Waals surface area contributed by atoms with Gasteiger partial charge < -0.3 is 4.74 Å². The predicted octanol–water partition coefficient (Wildman–Crippen LogP) is 1.12. The van der Waals surface area contributed by atoms with Gasteiger partial charge in [0, 0.05) is 19.7 Å². The minimum absolute atomic E-state index is 0.390. The Morgan fingerprint density at radius 1 is 1.67 bits per heavy atom. The van der Waals surface area contributed by atoms with Crippen molar-refractivity contribution in [2.24, 2.45) is 0 Å². The van der Waals surface area contributed by atoms with Crippen molar-refractivity contribution in [2.75, 3.05) is 26.2 Å². The van der Waals surface area contributed by atoms with Crippen molar-refractivity contribution in [3.63, 3.8) is 0 Å². The van der Waals surface area contributed by atoms with Gasteiger partial charge in [0.05, 0.1) is 12.6 Å². The highest BCUT2D eigenvalue weighted by Crippen LogP contribution is 2.07. The molecule has 1 heterocycles. The lowest BCUT2D eigenvalue weighted by Gasteiger charge is -2.20. The van der Waals surface area contributed by atoms with Gasteiger partial charge in [-0.2, -0.15) is 0 Å². The third-order valence-electron chi connectivity index (χ3n) is 2.20. The average Bonchev–Trinajstić information content (AvgIpc) is 2.30. The first-order valence-electron chi connectivity index (χ1n) is 4.64. The van der Waals surface area contributed by atoms with Crippen LogP contribution in [0.4, 0.5) is 0 Å². The van der Waals surface area contributed by atoms with E-state index in [9.17, 15) is 0 Å². The first-order chi connectivity index (χ1) is 5.86. The van der Waals surface area contributed by atoms with E-state index >= 15 is 0 Å². The quantitative estimate of drug-likeness (QED) is 0.571. The van der Waals surface area contributed by atoms with Crippen molar-refractivity contribution in [3.05, 3.63) is 0 Å². The summed E-state index contributed by atoms with van der Waals surface area (Å²) in [6.45, 7) is 5.89. The Morgan fingerprint density at radius 2 is 2.50 bits per heavy atom. The molecule has 1 fully saturated rings. The maximum Gasteiger partial charge on any atom is 0.0699 e. The smallest absolute Gasteiger partial charge is 0.0699 e. The fourth-order valence-corrected chi connectivity index (χ4v) is 1.49. The highest BCUT2D eigenvalue weighted by atomic mass is 16.5. The molecule has 0 amide bonds. The van der Waals surface area contributed by atoms with E-state index in [1.807, 2.05) is 0 Å². The van der Waals surface area contributed by atoms with Crippen molar-refractivity contribution in [2.45, 2.75) is 25.9 Å². The summed E-state index contributed by atoms with van der Waals surface area (Å²) in [6.07, 6.45) is 7.85. The summed E-state index contributed by atoms with van der Waals surface area (Å²) >= 11 is 0. The Labute approximate surface area is 74.9 Å². The van der Waals surface area contributed by atoms with Gasteiger partial charge in [-0.3, -0.25) is 4.90 Å². The second-order valence-corrected chi connectivity index (χ2v) is 3.19. The molecule has 0 spiro atoms. The van der Waals surface area contributed by atoms with Crippen LogP contribution in [0.3, 0.4) is 0 Å². The van der Waals surface area contributed by atoms with Crippen LogP contribution >= 0.6 is 0 Å². The van der Waals surface area contributed by atoms with Crippen LogP contribution in [0.5, 0.6) is 0 Å². The number of terminal acetylenes is 1. The number of hydrogen-bond acceptors (Lipinski definition) is 2. The van der Waals surface area contributed by atoms with Crippen molar-refractivity contribution >= 4 is 0 Å². The van der Waals surface area contributed by atoms with Gasteiger partial charge in [-0.15, -0.1) is 6.42 Å². The van der Waals surface area contributed by atoms with Crippen LogP contribution in [0.25, 0.3) is 0 Å². The molecule has 1 atom stereocenters. The molecule has 12 heavy (non-hydrogen) atoms. The number of rotatable bonds is 2. The molecule has 0 aliphatic carbocycles. The van der Waals surface area contributed by atoms with Crippen molar-refractivity contribution < 1.29 is 4.74 Å². The molecule has 0 bridgehead atoms. The average molecular weight is 167 g/mol. The summed E-state index contributed by atoms with van der Waals surface area (Å²) in [5.74, 6) is 2.68. The van der Waals surface area contributed by atoms with Gasteiger partial charge in [-0.1, -0.05) is 12.8 Å². The molecule has 1 aliphatic rings. The van der Waals surface area contributed by atoms with E-state index in [-0.39, 0.29) is 0 Å². The highest BCUT2D eigenvalue weighted by molar-refractivity contribution is 4.89. The minimum atomic E-state index is 0.390. The van der Waals surface area contributed by atoms with Crippen LogP contribution in [0, 0.1) is 12.3 Å². The topological polar surface area (TPSA) is 12.5 Å². The van der Waals surface area contributed by atoms with Crippen LogP contribution in [0.2, 0.25) is 0 Å². The molecule has 1 saturated heterocycles. The molecular weight excluding hydrogens is 150 g/mol. The van der Waals surface area contributed by atoms with E-state index < -0.39 is 0 Å². The van der Waals surface area contributed by atoms with E-state index in [1.54, 1.807) is 0 Å². The highest BCUT2D eigenvalue weighted by Gasteiger charge is 2.15. The molecule has 1 aliphatic heterocycles. The number of nitrogens with zero attached hydrogens (tertiary/aromatic N) is 1. The van der Waals surface area contributed by atoms with Crippen molar-refractivity contribution in [3.8, 4) is 12.3 Å². The Morgan fingerprint density at radius 3 is 3.17 bits per heavy atom. The molecule has 0 aromatic carbocycles. The third-order valence-corrected chi connectivity index (χ3v) is 2.20. The maximum atomic E-state index is 5.62. The largest absolute Gasteiger partial charge is 0.377 e. The van der Waals surface area contributed by atoms with Crippen molar-refractivity contribution in [1.29, 1.82) is 0 Å². The monoisotopic (exact) mass is 167 g/mol.